The predicted octanol–water partition coefficient (Wildman–Crippen LogP) is 4.95. The molecule has 2 aromatic carbocycles. The first kappa shape index (κ1) is 22.4. The molecular weight excluding hydrogens is 444 g/mol. The van der Waals surface area contributed by atoms with E-state index in [4.69, 9.17) is 9.47 Å². The van der Waals surface area contributed by atoms with Crippen LogP contribution in [-0.4, -0.2) is 36.1 Å². The summed E-state index contributed by atoms with van der Waals surface area (Å²) in [7, 11) is 2.89. The van der Waals surface area contributed by atoms with Gasteiger partial charge in [0.25, 0.3) is 5.91 Å². The molecule has 0 radical (unpaired) electrons. The minimum atomic E-state index is -4.60. The fraction of sp³-hybridized carbons (Fsp3) is 0.273. The number of hydrogen-bond acceptors (Lipinski definition) is 5. The van der Waals surface area contributed by atoms with Crippen LogP contribution in [0.4, 0.5) is 29.1 Å². The summed E-state index contributed by atoms with van der Waals surface area (Å²) in [4.78, 5) is 13.0. The van der Waals surface area contributed by atoms with Gasteiger partial charge in [-0.2, -0.15) is 18.3 Å². The molecule has 0 unspecified atom stereocenters. The summed E-state index contributed by atoms with van der Waals surface area (Å²) >= 11 is 0. The number of rotatable bonds is 5. The lowest BCUT2D eigenvalue weighted by Gasteiger charge is -2.34. The van der Waals surface area contributed by atoms with Crippen molar-refractivity contribution in [2.75, 3.05) is 24.9 Å². The lowest BCUT2D eigenvalue weighted by atomic mass is 9.96. The number of amides is 1. The van der Waals surface area contributed by atoms with Crippen LogP contribution in [0.5, 0.6) is 11.5 Å². The topological polar surface area (TPSA) is 77.4 Å². The van der Waals surface area contributed by atoms with E-state index in [2.05, 4.69) is 15.7 Å². The summed E-state index contributed by atoms with van der Waals surface area (Å²) in [6.07, 6.45) is -3.88. The number of carbonyl (C=O) groups is 1. The second kappa shape index (κ2) is 8.64. The van der Waals surface area contributed by atoms with E-state index in [1.165, 1.54) is 38.5 Å². The van der Waals surface area contributed by atoms with Gasteiger partial charge in [-0.05, 0) is 29.8 Å². The SMILES string of the molecule is COc1ccc(NC(=O)c2cnn3c2N[C@H](c2ccc(F)cc2)C[C@@H]3C(F)(F)F)c(OC)c1. The Morgan fingerprint density at radius 2 is 1.88 bits per heavy atom. The van der Waals surface area contributed by atoms with Crippen LogP contribution in [0.3, 0.4) is 0 Å². The number of benzene rings is 2. The quantitative estimate of drug-likeness (QED) is 0.523. The fourth-order valence-corrected chi connectivity index (χ4v) is 3.73. The smallest absolute Gasteiger partial charge is 0.410 e. The summed E-state index contributed by atoms with van der Waals surface area (Å²) in [5.41, 5.74) is 0.691. The standard InChI is InChI=1S/C22H20F4N4O3/c1-32-14-7-8-16(18(9-14)33-2)29-21(31)15-11-27-30-19(22(24,25)26)10-17(28-20(15)30)12-3-5-13(23)6-4-12/h3-9,11,17,19,28H,10H2,1-2H3,(H,29,31)/t17-,19+/m0/s1. The van der Waals surface area contributed by atoms with Crippen LogP contribution in [0.1, 0.15) is 34.4 Å². The van der Waals surface area contributed by atoms with Gasteiger partial charge in [-0.3, -0.25) is 4.79 Å². The van der Waals surface area contributed by atoms with Gasteiger partial charge < -0.3 is 20.1 Å². The Morgan fingerprint density at radius 1 is 1.15 bits per heavy atom. The van der Waals surface area contributed by atoms with Crippen molar-refractivity contribution in [3.8, 4) is 11.5 Å². The molecule has 4 rings (SSSR count). The second-order valence-electron chi connectivity index (χ2n) is 7.41. The molecule has 2 atom stereocenters. The van der Waals surface area contributed by atoms with Gasteiger partial charge in [0.2, 0.25) is 0 Å². The number of carbonyl (C=O) groups excluding carboxylic acids is 1. The number of aromatic nitrogens is 2. The molecule has 11 heteroatoms. The van der Waals surface area contributed by atoms with E-state index in [0.29, 0.717) is 22.7 Å². The van der Waals surface area contributed by atoms with Crippen molar-refractivity contribution in [1.29, 1.82) is 0 Å². The molecule has 33 heavy (non-hydrogen) atoms. The van der Waals surface area contributed by atoms with Crippen LogP contribution in [0.15, 0.2) is 48.7 Å². The van der Waals surface area contributed by atoms with Crippen molar-refractivity contribution in [3.63, 3.8) is 0 Å². The maximum atomic E-state index is 13.8. The molecule has 0 saturated heterocycles. The molecule has 2 heterocycles. The van der Waals surface area contributed by atoms with Gasteiger partial charge >= 0.3 is 6.18 Å². The highest BCUT2D eigenvalue weighted by atomic mass is 19.4. The normalized spacial score (nSPS) is 17.6. The number of methoxy groups -OCH3 is 2. The molecule has 0 spiro atoms. The Hall–Kier alpha value is -3.76. The Labute approximate surface area is 186 Å². The first-order valence-corrected chi connectivity index (χ1v) is 9.91. The minimum absolute atomic E-state index is 0.0751. The fourth-order valence-electron chi connectivity index (χ4n) is 3.73. The Balaban J connectivity index is 1.68. The average molecular weight is 464 g/mol. The van der Waals surface area contributed by atoms with E-state index in [1.54, 1.807) is 18.2 Å². The molecule has 2 N–H and O–H groups in total. The molecular formula is C22H20F4N4O3. The number of nitrogens with one attached hydrogen (secondary N) is 2. The Kier molecular flexibility index (Phi) is 5.88. The number of ether oxygens (including phenoxy) is 2. The van der Waals surface area contributed by atoms with E-state index in [0.717, 1.165) is 10.9 Å². The molecule has 0 bridgehead atoms. The number of halogens is 4. The average Bonchev–Trinajstić information content (AvgIpc) is 3.22. The number of hydrogen-bond donors (Lipinski definition) is 2. The van der Waals surface area contributed by atoms with E-state index in [9.17, 15) is 22.4 Å². The molecule has 1 aromatic heterocycles. The van der Waals surface area contributed by atoms with Gasteiger partial charge in [-0.1, -0.05) is 12.1 Å². The van der Waals surface area contributed by atoms with Crippen molar-refractivity contribution < 1.29 is 31.8 Å². The molecule has 0 aliphatic carbocycles. The van der Waals surface area contributed by atoms with Crippen molar-refractivity contribution >= 4 is 17.4 Å². The summed E-state index contributed by atoms with van der Waals surface area (Å²) < 4.78 is 65.9. The monoisotopic (exact) mass is 464 g/mol. The molecule has 3 aromatic rings. The highest BCUT2D eigenvalue weighted by molar-refractivity contribution is 6.08. The van der Waals surface area contributed by atoms with Crippen LogP contribution in [0.25, 0.3) is 0 Å². The zero-order valence-electron chi connectivity index (χ0n) is 17.6. The predicted molar refractivity (Wildman–Crippen MR) is 112 cm³/mol. The zero-order chi connectivity index (χ0) is 23.8. The maximum absolute atomic E-state index is 13.8. The lowest BCUT2D eigenvalue weighted by Crippen LogP contribution is -2.36. The Bertz CT molecular complexity index is 1160. The summed E-state index contributed by atoms with van der Waals surface area (Å²) in [6, 6.07) is 7.13. The van der Waals surface area contributed by atoms with Crippen molar-refractivity contribution in [2.45, 2.75) is 24.7 Å². The van der Waals surface area contributed by atoms with Gasteiger partial charge in [-0.15, -0.1) is 0 Å². The third-order valence-electron chi connectivity index (χ3n) is 5.41. The summed E-state index contributed by atoms with van der Waals surface area (Å²) in [5, 5.41) is 9.44. The van der Waals surface area contributed by atoms with Gasteiger partial charge in [0, 0.05) is 12.5 Å². The molecule has 174 valence electrons. The highest BCUT2D eigenvalue weighted by Gasteiger charge is 2.47. The highest BCUT2D eigenvalue weighted by Crippen LogP contribution is 2.44. The van der Waals surface area contributed by atoms with Crippen LogP contribution < -0.4 is 20.1 Å². The number of nitrogens with zero attached hydrogens (tertiary/aromatic N) is 2. The van der Waals surface area contributed by atoms with Crippen molar-refractivity contribution in [3.05, 3.63) is 65.6 Å². The van der Waals surface area contributed by atoms with Crippen LogP contribution in [-0.2, 0) is 0 Å². The number of fused-ring (bicyclic) bond motifs is 1. The summed E-state index contributed by atoms with van der Waals surface area (Å²) in [5.74, 6) is -0.435. The van der Waals surface area contributed by atoms with Gasteiger partial charge in [-0.25, -0.2) is 9.07 Å². The third kappa shape index (κ3) is 4.43. The Morgan fingerprint density at radius 3 is 2.52 bits per heavy atom. The lowest BCUT2D eigenvalue weighted by molar-refractivity contribution is -0.173. The molecule has 7 nitrogen and oxygen atoms in total. The first-order valence-electron chi connectivity index (χ1n) is 9.91. The van der Waals surface area contributed by atoms with E-state index in [1.807, 2.05) is 0 Å². The van der Waals surface area contributed by atoms with Gasteiger partial charge in [0.05, 0.1) is 32.1 Å². The van der Waals surface area contributed by atoms with Gasteiger partial charge in [0.1, 0.15) is 28.7 Å². The van der Waals surface area contributed by atoms with E-state index in [-0.39, 0.29) is 17.8 Å². The first-order chi connectivity index (χ1) is 15.7. The maximum Gasteiger partial charge on any atom is 0.410 e. The van der Waals surface area contributed by atoms with E-state index >= 15 is 0 Å². The van der Waals surface area contributed by atoms with Crippen LogP contribution >= 0.6 is 0 Å². The summed E-state index contributed by atoms with van der Waals surface area (Å²) in [6.45, 7) is 0. The van der Waals surface area contributed by atoms with E-state index < -0.39 is 30.0 Å². The number of anilines is 2. The van der Waals surface area contributed by atoms with Crippen LogP contribution in [0, 0.1) is 5.82 Å². The zero-order valence-corrected chi connectivity index (χ0v) is 17.6. The molecule has 1 aliphatic heterocycles. The molecule has 1 aliphatic rings. The molecule has 0 fully saturated rings. The number of alkyl halides is 3. The van der Waals surface area contributed by atoms with Crippen molar-refractivity contribution in [2.24, 2.45) is 0 Å². The second-order valence-corrected chi connectivity index (χ2v) is 7.41. The molecule has 1 amide bonds. The molecule has 0 saturated carbocycles. The van der Waals surface area contributed by atoms with Gasteiger partial charge in [0.15, 0.2) is 6.04 Å². The third-order valence-corrected chi connectivity index (χ3v) is 5.41. The minimum Gasteiger partial charge on any atom is -0.497 e. The van der Waals surface area contributed by atoms with Crippen molar-refractivity contribution in [1.82, 2.24) is 9.78 Å². The van der Waals surface area contributed by atoms with Crippen LogP contribution in [0.2, 0.25) is 0 Å². The largest absolute Gasteiger partial charge is 0.497 e.